The minimum absolute atomic E-state index is 0.163. The first kappa shape index (κ1) is 17.0. The third kappa shape index (κ3) is 3.36. The van der Waals surface area contributed by atoms with Gasteiger partial charge in [-0.05, 0) is 25.5 Å². The molecule has 130 valence electrons. The van der Waals surface area contributed by atoms with Gasteiger partial charge in [-0.2, -0.15) is 9.61 Å². The number of anilines is 2. The van der Waals surface area contributed by atoms with Crippen molar-refractivity contribution in [3.8, 4) is 5.75 Å². The zero-order valence-corrected chi connectivity index (χ0v) is 14.8. The van der Waals surface area contributed by atoms with E-state index in [0.29, 0.717) is 17.2 Å². The van der Waals surface area contributed by atoms with Crippen LogP contribution in [0.2, 0.25) is 5.15 Å². The lowest BCUT2D eigenvalue weighted by molar-refractivity contribution is 0.0519. The maximum Gasteiger partial charge on any atom is 0.358 e. The van der Waals surface area contributed by atoms with Crippen LogP contribution in [0.4, 0.5) is 11.5 Å². The Labute approximate surface area is 149 Å². The summed E-state index contributed by atoms with van der Waals surface area (Å²) in [7, 11) is 1.60. The maximum absolute atomic E-state index is 11.9. The van der Waals surface area contributed by atoms with Crippen molar-refractivity contribution in [2.45, 2.75) is 13.8 Å². The van der Waals surface area contributed by atoms with Crippen LogP contribution in [0.3, 0.4) is 0 Å². The second kappa shape index (κ2) is 6.98. The number of nitrogens with zero attached hydrogens (tertiary/aromatic N) is 3. The molecule has 0 fully saturated rings. The minimum atomic E-state index is -0.511. The van der Waals surface area contributed by atoms with Crippen LogP contribution in [0.1, 0.15) is 23.0 Å². The molecule has 1 N–H and O–H groups in total. The van der Waals surface area contributed by atoms with E-state index in [2.05, 4.69) is 15.4 Å². The number of para-hydroxylation sites is 1. The van der Waals surface area contributed by atoms with Crippen LogP contribution >= 0.6 is 11.6 Å². The first-order valence-electron chi connectivity index (χ1n) is 7.67. The van der Waals surface area contributed by atoms with Gasteiger partial charge < -0.3 is 14.8 Å². The van der Waals surface area contributed by atoms with Crippen LogP contribution in [0.25, 0.3) is 5.65 Å². The normalized spacial score (nSPS) is 10.7. The molecule has 3 rings (SSSR count). The third-order valence-electron chi connectivity index (χ3n) is 3.59. The van der Waals surface area contributed by atoms with Gasteiger partial charge in [0.15, 0.2) is 11.3 Å². The molecule has 0 amide bonds. The maximum atomic E-state index is 11.9. The molecule has 0 atom stereocenters. The van der Waals surface area contributed by atoms with Gasteiger partial charge in [0, 0.05) is 12.1 Å². The average molecular weight is 361 g/mol. The molecule has 0 saturated carbocycles. The number of ether oxygens (including phenoxy) is 2. The van der Waals surface area contributed by atoms with Gasteiger partial charge >= 0.3 is 5.97 Å². The summed E-state index contributed by atoms with van der Waals surface area (Å²) < 4.78 is 11.9. The van der Waals surface area contributed by atoms with Crippen molar-refractivity contribution < 1.29 is 14.3 Å². The van der Waals surface area contributed by atoms with E-state index in [1.54, 1.807) is 20.1 Å². The van der Waals surface area contributed by atoms with Crippen LogP contribution in [0.5, 0.6) is 5.75 Å². The van der Waals surface area contributed by atoms with Crippen LogP contribution in [0.15, 0.2) is 30.3 Å². The Hall–Kier alpha value is -2.80. The minimum Gasteiger partial charge on any atom is -0.495 e. The smallest absolute Gasteiger partial charge is 0.358 e. The fourth-order valence-electron chi connectivity index (χ4n) is 2.44. The van der Waals surface area contributed by atoms with Gasteiger partial charge in [0.2, 0.25) is 0 Å². The van der Waals surface area contributed by atoms with Gasteiger partial charge in [-0.15, -0.1) is 0 Å². The molecule has 0 aliphatic rings. The van der Waals surface area contributed by atoms with E-state index in [1.165, 1.54) is 10.6 Å². The fourth-order valence-corrected chi connectivity index (χ4v) is 2.63. The van der Waals surface area contributed by atoms with E-state index in [-0.39, 0.29) is 17.5 Å². The molecule has 0 aliphatic heterocycles. The molecule has 0 saturated heterocycles. The second-order valence-corrected chi connectivity index (χ2v) is 5.65. The molecule has 2 heterocycles. The van der Waals surface area contributed by atoms with Crippen molar-refractivity contribution in [3.05, 3.63) is 46.7 Å². The van der Waals surface area contributed by atoms with E-state index in [1.807, 2.05) is 25.1 Å². The summed E-state index contributed by atoms with van der Waals surface area (Å²) >= 11 is 6.11. The van der Waals surface area contributed by atoms with Gasteiger partial charge in [-0.1, -0.05) is 23.7 Å². The largest absolute Gasteiger partial charge is 0.495 e. The molecule has 2 aromatic heterocycles. The van der Waals surface area contributed by atoms with Gasteiger partial charge in [0.05, 0.1) is 19.4 Å². The zero-order valence-electron chi connectivity index (χ0n) is 14.0. The third-order valence-corrected chi connectivity index (χ3v) is 3.78. The topological polar surface area (TPSA) is 77.8 Å². The molecule has 25 heavy (non-hydrogen) atoms. The van der Waals surface area contributed by atoms with Crippen LogP contribution in [-0.4, -0.2) is 34.3 Å². The van der Waals surface area contributed by atoms with Crippen molar-refractivity contribution in [2.24, 2.45) is 0 Å². The number of esters is 1. The summed E-state index contributed by atoms with van der Waals surface area (Å²) in [5, 5.41) is 7.81. The average Bonchev–Trinajstić information content (AvgIpc) is 3.01. The molecule has 0 bridgehead atoms. The SMILES string of the molecule is CCOC(=O)c1cc2nc(Cl)cc(Nc3c(C)cccc3OC)n2n1. The van der Waals surface area contributed by atoms with Gasteiger partial charge in [-0.3, -0.25) is 0 Å². The van der Waals surface area contributed by atoms with Crippen molar-refractivity contribution >= 4 is 34.7 Å². The molecule has 0 spiro atoms. The molecule has 0 unspecified atom stereocenters. The Kier molecular flexibility index (Phi) is 4.76. The Morgan fingerprint density at radius 1 is 1.36 bits per heavy atom. The standard InChI is InChI=1S/C17H17ClN4O3/c1-4-25-17(23)11-8-14-19-13(18)9-15(22(14)21-11)20-16-10(2)6-5-7-12(16)24-3/h5-9,20H,4H2,1-3H3. The van der Waals surface area contributed by atoms with Crippen molar-refractivity contribution in [3.63, 3.8) is 0 Å². The molecular formula is C17H17ClN4O3. The number of rotatable bonds is 5. The number of carbonyl (C=O) groups is 1. The number of aryl methyl sites for hydroxylation is 1. The molecule has 7 nitrogen and oxygen atoms in total. The molecule has 0 radical (unpaired) electrons. The van der Waals surface area contributed by atoms with Gasteiger partial charge in [0.25, 0.3) is 0 Å². The first-order chi connectivity index (χ1) is 12.0. The number of hydrogen-bond donors (Lipinski definition) is 1. The fraction of sp³-hybridized carbons (Fsp3) is 0.235. The molecule has 0 aliphatic carbocycles. The number of benzene rings is 1. The lowest BCUT2D eigenvalue weighted by Crippen LogP contribution is -2.07. The zero-order chi connectivity index (χ0) is 18.0. The van der Waals surface area contributed by atoms with Crippen molar-refractivity contribution in [1.29, 1.82) is 0 Å². The number of carbonyl (C=O) groups excluding carboxylic acids is 1. The molecular weight excluding hydrogens is 344 g/mol. The number of halogens is 1. The summed E-state index contributed by atoms with van der Waals surface area (Å²) in [6.07, 6.45) is 0. The monoisotopic (exact) mass is 360 g/mol. The number of aromatic nitrogens is 3. The van der Waals surface area contributed by atoms with Crippen molar-refractivity contribution in [1.82, 2.24) is 14.6 Å². The molecule has 8 heteroatoms. The van der Waals surface area contributed by atoms with Crippen LogP contribution < -0.4 is 10.1 Å². The highest BCUT2D eigenvalue weighted by Gasteiger charge is 2.16. The summed E-state index contributed by atoms with van der Waals surface area (Å²) in [5.41, 5.74) is 2.36. The number of methoxy groups -OCH3 is 1. The predicted molar refractivity (Wildman–Crippen MR) is 95.0 cm³/mol. The van der Waals surface area contributed by atoms with E-state index in [0.717, 1.165) is 11.3 Å². The highest BCUT2D eigenvalue weighted by molar-refractivity contribution is 6.29. The summed E-state index contributed by atoms with van der Waals surface area (Å²) in [4.78, 5) is 16.1. The summed E-state index contributed by atoms with van der Waals surface area (Å²) in [6.45, 7) is 3.96. The van der Waals surface area contributed by atoms with Crippen LogP contribution in [-0.2, 0) is 4.74 Å². The number of hydrogen-bond acceptors (Lipinski definition) is 6. The lowest BCUT2D eigenvalue weighted by Gasteiger charge is -2.14. The van der Waals surface area contributed by atoms with Crippen molar-refractivity contribution in [2.75, 3.05) is 19.0 Å². The van der Waals surface area contributed by atoms with E-state index in [9.17, 15) is 4.79 Å². The van der Waals surface area contributed by atoms with E-state index >= 15 is 0 Å². The Balaban J connectivity index is 2.09. The van der Waals surface area contributed by atoms with Crippen LogP contribution in [0, 0.1) is 6.92 Å². The first-order valence-corrected chi connectivity index (χ1v) is 8.05. The number of nitrogens with one attached hydrogen (secondary N) is 1. The lowest BCUT2D eigenvalue weighted by atomic mass is 10.2. The molecule has 3 aromatic rings. The highest BCUT2D eigenvalue weighted by atomic mass is 35.5. The highest BCUT2D eigenvalue weighted by Crippen LogP contribution is 2.31. The Morgan fingerprint density at radius 3 is 2.88 bits per heavy atom. The molecule has 1 aromatic carbocycles. The number of fused-ring (bicyclic) bond motifs is 1. The quantitative estimate of drug-likeness (QED) is 0.553. The Morgan fingerprint density at radius 2 is 2.16 bits per heavy atom. The van der Waals surface area contributed by atoms with E-state index < -0.39 is 5.97 Å². The van der Waals surface area contributed by atoms with Gasteiger partial charge in [0.1, 0.15) is 16.7 Å². The predicted octanol–water partition coefficient (Wildman–Crippen LogP) is 3.62. The summed E-state index contributed by atoms with van der Waals surface area (Å²) in [6, 6.07) is 8.87. The van der Waals surface area contributed by atoms with Gasteiger partial charge in [-0.25, -0.2) is 9.78 Å². The Bertz CT molecular complexity index is 939. The second-order valence-electron chi connectivity index (χ2n) is 5.26. The summed E-state index contributed by atoms with van der Waals surface area (Å²) in [5.74, 6) is 0.723. The van der Waals surface area contributed by atoms with E-state index in [4.69, 9.17) is 21.1 Å².